The van der Waals surface area contributed by atoms with Gasteiger partial charge in [0.15, 0.2) is 34.3 Å². The van der Waals surface area contributed by atoms with Gasteiger partial charge in [0.05, 0.1) is 33.8 Å². The zero-order valence-corrected chi connectivity index (χ0v) is 16.4. The van der Waals surface area contributed by atoms with Gasteiger partial charge in [-0.25, -0.2) is 0 Å². The van der Waals surface area contributed by atoms with Crippen molar-refractivity contribution in [2.24, 2.45) is 0 Å². The molecule has 4 rings (SSSR count). The van der Waals surface area contributed by atoms with Gasteiger partial charge in [0.25, 0.3) is 0 Å². The van der Waals surface area contributed by atoms with Crippen LogP contribution in [0.15, 0.2) is 40.8 Å². The first-order chi connectivity index (χ1) is 14.0. The number of phenols is 2. The summed E-state index contributed by atoms with van der Waals surface area (Å²) in [7, 11) is 6.24. The first-order valence-corrected chi connectivity index (χ1v) is 8.78. The van der Waals surface area contributed by atoms with Crippen LogP contribution in [0, 0.1) is 0 Å². The smallest absolute Gasteiger partial charge is 0.181 e. The quantitative estimate of drug-likeness (QED) is 0.473. The van der Waals surface area contributed by atoms with Crippen molar-refractivity contribution in [3.63, 3.8) is 0 Å². The molecule has 0 aliphatic carbocycles. The third-order valence-electron chi connectivity index (χ3n) is 4.88. The number of hydrogen-bond donors (Lipinski definition) is 2. The molecule has 0 fully saturated rings. The Morgan fingerprint density at radius 2 is 1.41 bits per heavy atom. The first-order valence-electron chi connectivity index (χ1n) is 8.78. The van der Waals surface area contributed by atoms with Crippen molar-refractivity contribution in [3.05, 3.63) is 36.4 Å². The second kappa shape index (κ2) is 7.01. The van der Waals surface area contributed by atoms with Gasteiger partial charge in [-0.05, 0) is 29.8 Å². The zero-order valence-electron chi connectivity index (χ0n) is 16.4. The number of benzene rings is 3. The van der Waals surface area contributed by atoms with E-state index in [1.165, 1.54) is 12.1 Å². The van der Waals surface area contributed by atoms with E-state index in [2.05, 4.69) is 0 Å². The highest BCUT2D eigenvalue weighted by Crippen LogP contribution is 2.48. The van der Waals surface area contributed by atoms with E-state index >= 15 is 0 Å². The van der Waals surface area contributed by atoms with Crippen LogP contribution in [0.3, 0.4) is 0 Å². The van der Waals surface area contributed by atoms with E-state index in [1.807, 2.05) is 6.07 Å². The summed E-state index contributed by atoms with van der Waals surface area (Å²) < 4.78 is 28.2. The van der Waals surface area contributed by atoms with E-state index in [9.17, 15) is 10.2 Å². The number of furan rings is 1. The molecule has 0 aliphatic heterocycles. The van der Waals surface area contributed by atoms with Crippen LogP contribution in [0.25, 0.3) is 33.1 Å². The van der Waals surface area contributed by atoms with Crippen LogP contribution >= 0.6 is 0 Å². The monoisotopic (exact) mass is 396 g/mol. The van der Waals surface area contributed by atoms with Crippen LogP contribution in [0.4, 0.5) is 0 Å². The van der Waals surface area contributed by atoms with Crippen LogP contribution in [0.5, 0.6) is 34.5 Å². The molecular weight excluding hydrogens is 376 g/mol. The van der Waals surface area contributed by atoms with Crippen molar-refractivity contribution in [1.82, 2.24) is 0 Å². The molecular formula is C22H20O7. The molecule has 0 radical (unpaired) electrons. The number of rotatable bonds is 5. The number of fused-ring (bicyclic) bond motifs is 3. The van der Waals surface area contributed by atoms with Gasteiger partial charge in [0, 0.05) is 17.0 Å². The lowest BCUT2D eigenvalue weighted by atomic mass is 10.0. The molecule has 150 valence electrons. The molecule has 1 heterocycles. The molecule has 0 bridgehead atoms. The van der Waals surface area contributed by atoms with E-state index in [0.29, 0.717) is 45.3 Å². The fourth-order valence-corrected chi connectivity index (χ4v) is 3.49. The topological polar surface area (TPSA) is 90.5 Å². The minimum absolute atomic E-state index is 0.205. The molecule has 0 saturated heterocycles. The maximum atomic E-state index is 9.92. The molecule has 29 heavy (non-hydrogen) atoms. The second-order valence-electron chi connectivity index (χ2n) is 6.37. The Kier molecular flexibility index (Phi) is 4.50. The molecule has 0 saturated carbocycles. The predicted molar refractivity (Wildman–Crippen MR) is 109 cm³/mol. The highest BCUT2D eigenvalue weighted by molar-refractivity contribution is 6.13. The molecule has 1 aromatic heterocycles. The van der Waals surface area contributed by atoms with E-state index in [4.69, 9.17) is 23.4 Å². The van der Waals surface area contributed by atoms with Crippen molar-refractivity contribution in [2.75, 3.05) is 28.4 Å². The van der Waals surface area contributed by atoms with Crippen LogP contribution in [-0.4, -0.2) is 38.7 Å². The van der Waals surface area contributed by atoms with E-state index < -0.39 is 0 Å². The first kappa shape index (κ1) is 18.6. The highest BCUT2D eigenvalue weighted by Gasteiger charge is 2.23. The van der Waals surface area contributed by atoms with E-state index in [0.717, 1.165) is 10.8 Å². The van der Waals surface area contributed by atoms with Crippen molar-refractivity contribution in [1.29, 1.82) is 0 Å². The number of methoxy groups -OCH3 is 4. The summed E-state index contributed by atoms with van der Waals surface area (Å²) >= 11 is 0. The number of aromatic hydroxyl groups is 2. The van der Waals surface area contributed by atoms with Crippen LogP contribution in [0.1, 0.15) is 0 Å². The minimum atomic E-state index is -0.234. The predicted octanol–water partition coefficient (Wildman–Crippen LogP) is 4.70. The highest BCUT2D eigenvalue weighted by atomic mass is 16.5. The maximum Gasteiger partial charge on any atom is 0.181 e. The molecule has 0 atom stereocenters. The SMILES string of the molecule is COc1cc2oc3c(OC)c(-c4ccc(O)c(O)c4)cc(OC)c3c2cc1OC. The van der Waals surface area contributed by atoms with Gasteiger partial charge in [-0.15, -0.1) is 0 Å². The Morgan fingerprint density at radius 1 is 0.724 bits per heavy atom. The molecule has 2 N–H and O–H groups in total. The van der Waals surface area contributed by atoms with Gasteiger partial charge in [0.2, 0.25) is 0 Å². The minimum Gasteiger partial charge on any atom is -0.504 e. The van der Waals surface area contributed by atoms with Crippen molar-refractivity contribution < 1.29 is 33.6 Å². The molecule has 3 aromatic carbocycles. The number of ether oxygens (including phenoxy) is 4. The van der Waals surface area contributed by atoms with E-state index in [1.54, 1.807) is 46.6 Å². The summed E-state index contributed by atoms with van der Waals surface area (Å²) in [6.45, 7) is 0. The molecule has 0 unspecified atom stereocenters. The lowest BCUT2D eigenvalue weighted by Gasteiger charge is -2.13. The lowest BCUT2D eigenvalue weighted by molar-refractivity contribution is 0.355. The summed E-state index contributed by atoms with van der Waals surface area (Å²) in [6.07, 6.45) is 0. The number of phenolic OH excluding ortho intramolecular Hbond substituents is 2. The van der Waals surface area contributed by atoms with Gasteiger partial charge in [-0.1, -0.05) is 6.07 Å². The Balaban J connectivity index is 2.10. The van der Waals surface area contributed by atoms with Gasteiger partial charge in [-0.2, -0.15) is 0 Å². The van der Waals surface area contributed by atoms with Gasteiger partial charge >= 0.3 is 0 Å². The summed E-state index contributed by atoms with van der Waals surface area (Å²) in [5, 5.41) is 21.1. The standard InChI is InChI=1S/C22H20O7/c1-25-17-9-13-16(10-18(17)26-2)29-22-20(13)19(27-3)8-12(21(22)28-4)11-5-6-14(23)15(24)7-11/h5-10,23-24H,1-4H3. The average Bonchev–Trinajstić information content (AvgIpc) is 3.11. The van der Waals surface area contributed by atoms with Crippen molar-refractivity contribution >= 4 is 21.9 Å². The van der Waals surface area contributed by atoms with Gasteiger partial charge in [0.1, 0.15) is 11.3 Å². The summed E-state index contributed by atoms with van der Waals surface area (Å²) in [5.74, 6) is 1.71. The maximum absolute atomic E-state index is 9.92. The van der Waals surface area contributed by atoms with Gasteiger partial charge in [-0.3, -0.25) is 0 Å². The Morgan fingerprint density at radius 3 is 2.03 bits per heavy atom. The molecule has 4 aromatic rings. The lowest BCUT2D eigenvalue weighted by Crippen LogP contribution is -1.92. The third-order valence-corrected chi connectivity index (χ3v) is 4.88. The van der Waals surface area contributed by atoms with Crippen LogP contribution in [-0.2, 0) is 0 Å². The normalized spacial score (nSPS) is 11.0. The van der Waals surface area contributed by atoms with Crippen LogP contribution in [0.2, 0.25) is 0 Å². The van der Waals surface area contributed by atoms with Crippen LogP contribution < -0.4 is 18.9 Å². The Labute approximate surface area is 166 Å². The largest absolute Gasteiger partial charge is 0.504 e. The molecule has 7 heteroatoms. The summed E-state index contributed by atoms with van der Waals surface area (Å²) in [6, 6.07) is 9.92. The van der Waals surface area contributed by atoms with E-state index in [-0.39, 0.29) is 11.5 Å². The van der Waals surface area contributed by atoms with Gasteiger partial charge < -0.3 is 33.6 Å². The third kappa shape index (κ3) is 2.82. The fraction of sp³-hybridized carbons (Fsp3) is 0.182. The number of hydrogen-bond acceptors (Lipinski definition) is 7. The van der Waals surface area contributed by atoms with Crippen molar-refractivity contribution in [2.45, 2.75) is 0 Å². The molecule has 0 amide bonds. The average molecular weight is 396 g/mol. The molecule has 0 aliphatic rings. The summed E-state index contributed by atoms with van der Waals surface area (Å²) in [4.78, 5) is 0. The Bertz CT molecular complexity index is 1220. The molecule has 7 nitrogen and oxygen atoms in total. The Hall–Kier alpha value is -3.74. The van der Waals surface area contributed by atoms with Crippen molar-refractivity contribution in [3.8, 4) is 45.6 Å². The summed E-state index contributed by atoms with van der Waals surface area (Å²) in [5.41, 5.74) is 2.35. The second-order valence-corrected chi connectivity index (χ2v) is 6.37. The fourth-order valence-electron chi connectivity index (χ4n) is 3.49. The molecule has 0 spiro atoms. The zero-order chi connectivity index (χ0) is 20.7.